The van der Waals surface area contributed by atoms with Gasteiger partial charge in [-0.05, 0) is 18.6 Å². The van der Waals surface area contributed by atoms with E-state index in [1.54, 1.807) is 11.8 Å². The summed E-state index contributed by atoms with van der Waals surface area (Å²) in [6, 6.07) is 0. The number of thioether (sulfide) groups is 1. The minimum atomic E-state index is 0.121. The Labute approximate surface area is 92.4 Å². The second kappa shape index (κ2) is 5.16. The summed E-state index contributed by atoms with van der Waals surface area (Å²) in [7, 11) is 0. The Hall–Kier alpha value is -1.04. The number of rotatable bonds is 3. The number of hydrogen-bond donors (Lipinski definition) is 2. The van der Waals surface area contributed by atoms with Gasteiger partial charge in [0.25, 0.3) is 0 Å². The fraction of sp³-hybridized carbons (Fsp3) is 0.667. The Bertz CT molecular complexity index is 308. The molecule has 0 spiro atoms. The standard InChI is InChI=1S/C9H14N4OS/c14-9(7-3-1-2-4-15-7)10-5-8-11-6-12-13-8/h6-7H,1-5H2,(H,10,14)(H,11,12,13). The summed E-state index contributed by atoms with van der Waals surface area (Å²) in [6.07, 6.45) is 4.83. The highest BCUT2D eigenvalue weighted by Gasteiger charge is 2.21. The molecule has 0 aliphatic carbocycles. The highest BCUT2D eigenvalue weighted by molar-refractivity contribution is 8.00. The van der Waals surface area contributed by atoms with Crippen LogP contribution < -0.4 is 5.32 Å². The minimum absolute atomic E-state index is 0.121. The second-order valence-corrected chi connectivity index (χ2v) is 4.82. The Morgan fingerprint density at radius 1 is 1.67 bits per heavy atom. The van der Waals surface area contributed by atoms with Gasteiger partial charge in [0.05, 0.1) is 11.8 Å². The lowest BCUT2D eigenvalue weighted by Crippen LogP contribution is -2.34. The van der Waals surface area contributed by atoms with E-state index >= 15 is 0 Å². The van der Waals surface area contributed by atoms with Gasteiger partial charge >= 0.3 is 0 Å². The molecule has 1 saturated heterocycles. The molecular weight excluding hydrogens is 212 g/mol. The minimum Gasteiger partial charge on any atom is -0.348 e. The smallest absolute Gasteiger partial charge is 0.233 e. The zero-order chi connectivity index (χ0) is 10.5. The monoisotopic (exact) mass is 226 g/mol. The zero-order valence-electron chi connectivity index (χ0n) is 8.40. The summed E-state index contributed by atoms with van der Waals surface area (Å²) >= 11 is 1.75. The van der Waals surface area contributed by atoms with Gasteiger partial charge in [-0.2, -0.15) is 5.10 Å². The second-order valence-electron chi connectivity index (χ2n) is 3.51. The molecule has 5 nitrogen and oxygen atoms in total. The van der Waals surface area contributed by atoms with Crippen molar-refractivity contribution in [3.05, 3.63) is 12.2 Å². The fourth-order valence-electron chi connectivity index (χ4n) is 1.55. The van der Waals surface area contributed by atoms with Gasteiger partial charge in [-0.3, -0.25) is 9.89 Å². The predicted molar refractivity (Wildman–Crippen MR) is 58.3 cm³/mol. The van der Waals surface area contributed by atoms with Crippen molar-refractivity contribution in [1.29, 1.82) is 0 Å². The molecule has 1 amide bonds. The van der Waals surface area contributed by atoms with Crippen molar-refractivity contribution in [2.24, 2.45) is 0 Å². The first kappa shape index (κ1) is 10.5. The third kappa shape index (κ3) is 2.95. The van der Waals surface area contributed by atoms with Crippen LogP contribution in [0.25, 0.3) is 0 Å². The molecule has 0 radical (unpaired) electrons. The van der Waals surface area contributed by atoms with Gasteiger partial charge < -0.3 is 5.32 Å². The lowest BCUT2D eigenvalue weighted by molar-refractivity contribution is -0.120. The van der Waals surface area contributed by atoms with Crippen molar-refractivity contribution < 1.29 is 4.79 Å². The van der Waals surface area contributed by atoms with Crippen molar-refractivity contribution in [3.8, 4) is 0 Å². The van der Waals surface area contributed by atoms with Crippen LogP contribution in [0.3, 0.4) is 0 Å². The molecular formula is C9H14N4OS. The molecule has 1 aliphatic heterocycles. The van der Waals surface area contributed by atoms with E-state index in [4.69, 9.17) is 0 Å². The molecule has 82 valence electrons. The number of hydrogen-bond acceptors (Lipinski definition) is 4. The van der Waals surface area contributed by atoms with Crippen molar-refractivity contribution in [2.45, 2.75) is 31.1 Å². The van der Waals surface area contributed by atoms with Gasteiger partial charge in [0.15, 0.2) is 0 Å². The summed E-state index contributed by atoms with van der Waals surface area (Å²) in [5.41, 5.74) is 0. The number of carbonyl (C=O) groups excluding carboxylic acids is 1. The van der Waals surface area contributed by atoms with E-state index in [1.165, 1.54) is 12.7 Å². The summed E-state index contributed by atoms with van der Waals surface area (Å²) < 4.78 is 0. The van der Waals surface area contributed by atoms with E-state index in [1.807, 2.05) is 0 Å². The van der Waals surface area contributed by atoms with Crippen LogP contribution in [-0.4, -0.2) is 32.1 Å². The van der Waals surface area contributed by atoms with Crippen molar-refractivity contribution in [1.82, 2.24) is 20.5 Å². The Balaban J connectivity index is 1.76. The SMILES string of the molecule is O=C(NCc1ncn[nH]1)C1CCCCS1. The number of amides is 1. The van der Waals surface area contributed by atoms with Crippen molar-refractivity contribution in [2.75, 3.05) is 5.75 Å². The van der Waals surface area contributed by atoms with Crippen LogP contribution in [0.5, 0.6) is 0 Å². The van der Waals surface area contributed by atoms with Crippen LogP contribution in [-0.2, 0) is 11.3 Å². The van der Waals surface area contributed by atoms with Crippen LogP contribution >= 0.6 is 11.8 Å². The molecule has 1 aromatic rings. The highest BCUT2D eigenvalue weighted by atomic mass is 32.2. The molecule has 15 heavy (non-hydrogen) atoms. The van der Waals surface area contributed by atoms with Crippen LogP contribution in [0.1, 0.15) is 25.1 Å². The van der Waals surface area contributed by atoms with Crippen molar-refractivity contribution >= 4 is 17.7 Å². The van der Waals surface area contributed by atoms with E-state index in [2.05, 4.69) is 20.5 Å². The maximum atomic E-state index is 11.7. The number of nitrogens with zero attached hydrogens (tertiary/aromatic N) is 2. The normalized spacial score (nSPS) is 21.2. The van der Waals surface area contributed by atoms with Crippen LogP contribution in [0.2, 0.25) is 0 Å². The number of H-pyrrole nitrogens is 1. The van der Waals surface area contributed by atoms with E-state index in [9.17, 15) is 4.79 Å². The molecule has 2 N–H and O–H groups in total. The Morgan fingerprint density at radius 3 is 3.27 bits per heavy atom. The Morgan fingerprint density at radius 2 is 2.60 bits per heavy atom. The van der Waals surface area contributed by atoms with Gasteiger partial charge in [0, 0.05) is 0 Å². The average Bonchev–Trinajstić information content (AvgIpc) is 2.80. The molecule has 0 saturated carbocycles. The van der Waals surface area contributed by atoms with Crippen molar-refractivity contribution in [3.63, 3.8) is 0 Å². The van der Waals surface area contributed by atoms with Gasteiger partial charge in [-0.1, -0.05) is 6.42 Å². The largest absolute Gasteiger partial charge is 0.348 e. The highest BCUT2D eigenvalue weighted by Crippen LogP contribution is 2.24. The topological polar surface area (TPSA) is 70.7 Å². The third-order valence-corrected chi connectivity index (χ3v) is 3.74. The maximum Gasteiger partial charge on any atom is 0.233 e. The maximum absolute atomic E-state index is 11.7. The van der Waals surface area contributed by atoms with E-state index in [0.29, 0.717) is 12.4 Å². The van der Waals surface area contributed by atoms with Crippen LogP contribution in [0.4, 0.5) is 0 Å². The molecule has 1 unspecified atom stereocenters. The summed E-state index contributed by atoms with van der Waals surface area (Å²) in [5.74, 6) is 1.92. The van der Waals surface area contributed by atoms with Gasteiger partial charge in [-0.25, -0.2) is 4.98 Å². The van der Waals surface area contributed by atoms with Crippen LogP contribution in [0.15, 0.2) is 6.33 Å². The third-order valence-electron chi connectivity index (χ3n) is 2.37. The molecule has 1 atom stereocenters. The number of aromatic amines is 1. The van der Waals surface area contributed by atoms with Gasteiger partial charge in [0.2, 0.25) is 5.91 Å². The Kier molecular flexibility index (Phi) is 3.60. The predicted octanol–water partition coefficient (Wildman–Crippen LogP) is 0.707. The summed E-state index contributed by atoms with van der Waals surface area (Å²) in [6.45, 7) is 0.440. The molecule has 1 fully saturated rings. The molecule has 2 heterocycles. The zero-order valence-corrected chi connectivity index (χ0v) is 9.22. The van der Waals surface area contributed by atoms with E-state index in [0.717, 1.165) is 18.6 Å². The van der Waals surface area contributed by atoms with Crippen LogP contribution in [0, 0.1) is 0 Å². The average molecular weight is 226 g/mol. The quantitative estimate of drug-likeness (QED) is 0.796. The number of aromatic nitrogens is 3. The van der Waals surface area contributed by atoms with E-state index in [-0.39, 0.29) is 11.2 Å². The first-order valence-corrected chi connectivity index (χ1v) is 6.14. The summed E-state index contributed by atoms with van der Waals surface area (Å²) in [4.78, 5) is 15.6. The van der Waals surface area contributed by atoms with Gasteiger partial charge in [0.1, 0.15) is 12.2 Å². The molecule has 0 aromatic carbocycles. The molecule has 1 aromatic heterocycles. The number of nitrogens with one attached hydrogen (secondary N) is 2. The first-order chi connectivity index (χ1) is 7.36. The lowest BCUT2D eigenvalue weighted by Gasteiger charge is -2.19. The molecule has 2 rings (SSSR count). The first-order valence-electron chi connectivity index (χ1n) is 5.10. The molecule has 0 bridgehead atoms. The lowest BCUT2D eigenvalue weighted by atomic mass is 10.2. The van der Waals surface area contributed by atoms with Gasteiger partial charge in [-0.15, -0.1) is 11.8 Å². The number of carbonyl (C=O) groups is 1. The fourth-order valence-corrected chi connectivity index (χ4v) is 2.77. The molecule has 6 heteroatoms. The summed E-state index contributed by atoms with van der Waals surface area (Å²) in [5, 5.41) is 9.42. The molecule has 1 aliphatic rings. The van der Waals surface area contributed by atoms with E-state index < -0.39 is 0 Å².